The second-order valence-electron chi connectivity index (χ2n) is 4.46. The van der Waals surface area contributed by atoms with Crippen molar-refractivity contribution in [2.75, 3.05) is 5.32 Å². The minimum Gasteiger partial charge on any atom is -0.375 e. The number of nitrogens with one attached hydrogen (secondary N) is 1. The van der Waals surface area contributed by atoms with E-state index in [0.717, 1.165) is 11.3 Å². The summed E-state index contributed by atoms with van der Waals surface area (Å²) < 4.78 is 0. The molecule has 80 valence electrons. The fourth-order valence-electron chi connectivity index (χ4n) is 1.98. The van der Waals surface area contributed by atoms with E-state index in [0.29, 0.717) is 10.0 Å². The SMILES string of the molecule is CC1=CC(C)(C)Nc2c1ccc(Cl)c2Cl. The van der Waals surface area contributed by atoms with Gasteiger partial charge in [0.2, 0.25) is 0 Å². The maximum absolute atomic E-state index is 6.18. The molecule has 3 heteroatoms. The van der Waals surface area contributed by atoms with Crippen LogP contribution in [-0.4, -0.2) is 5.54 Å². The summed E-state index contributed by atoms with van der Waals surface area (Å²) in [6.45, 7) is 6.30. The Morgan fingerprint density at radius 3 is 2.53 bits per heavy atom. The van der Waals surface area contributed by atoms with Gasteiger partial charge in [0, 0.05) is 5.56 Å². The van der Waals surface area contributed by atoms with Crippen molar-refractivity contribution in [3.8, 4) is 0 Å². The van der Waals surface area contributed by atoms with Crippen molar-refractivity contribution < 1.29 is 0 Å². The maximum Gasteiger partial charge on any atom is 0.0830 e. The Kier molecular flexibility index (Phi) is 2.48. The first-order valence-electron chi connectivity index (χ1n) is 4.87. The van der Waals surface area contributed by atoms with Crippen LogP contribution < -0.4 is 5.32 Å². The Labute approximate surface area is 100 Å². The molecular weight excluding hydrogens is 229 g/mol. The van der Waals surface area contributed by atoms with Gasteiger partial charge in [0.25, 0.3) is 0 Å². The Morgan fingerprint density at radius 2 is 1.87 bits per heavy atom. The summed E-state index contributed by atoms with van der Waals surface area (Å²) in [4.78, 5) is 0. The molecule has 1 N–H and O–H groups in total. The highest BCUT2D eigenvalue weighted by Crippen LogP contribution is 2.41. The van der Waals surface area contributed by atoms with Crippen molar-refractivity contribution in [2.45, 2.75) is 26.3 Å². The van der Waals surface area contributed by atoms with E-state index in [1.54, 1.807) is 0 Å². The predicted octanol–water partition coefficient (Wildman–Crippen LogP) is 4.60. The molecule has 0 radical (unpaired) electrons. The van der Waals surface area contributed by atoms with Crippen LogP contribution in [0.25, 0.3) is 5.57 Å². The molecule has 1 aliphatic heterocycles. The summed E-state index contributed by atoms with van der Waals surface area (Å²) in [5.41, 5.74) is 3.22. The maximum atomic E-state index is 6.18. The molecule has 0 unspecified atom stereocenters. The molecule has 1 aliphatic rings. The first kappa shape index (κ1) is 10.8. The minimum atomic E-state index is -0.0780. The summed E-state index contributed by atoms with van der Waals surface area (Å²) in [6.07, 6.45) is 2.19. The zero-order chi connectivity index (χ0) is 11.2. The zero-order valence-electron chi connectivity index (χ0n) is 8.99. The van der Waals surface area contributed by atoms with Gasteiger partial charge in [0.15, 0.2) is 0 Å². The van der Waals surface area contributed by atoms with E-state index in [1.165, 1.54) is 5.57 Å². The smallest absolute Gasteiger partial charge is 0.0830 e. The molecule has 0 bridgehead atoms. The largest absolute Gasteiger partial charge is 0.375 e. The third-order valence-corrected chi connectivity index (χ3v) is 3.35. The van der Waals surface area contributed by atoms with Gasteiger partial charge >= 0.3 is 0 Å². The highest BCUT2D eigenvalue weighted by atomic mass is 35.5. The molecule has 1 heterocycles. The molecule has 0 atom stereocenters. The van der Waals surface area contributed by atoms with E-state index >= 15 is 0 Å². The van der Waals surface area contributed by atoms with E-state index in [9.17, 15) is 0 Å². The fourth-order valence-corrected chi connectivity index (χ4v) is 2.35. The van der Waals surface area contributed by atoms with E-state index in [2.05, 4.69) is 32.2 Å². The van der Waals surface area contributed by atoms with E-state index in [1.807, 2.05) is 12.1 Å². The average Bonchev–Trinajstić information content (AvgIpc) is 2.10. The number of allylic oxidation sites excluding steroid dienone is 1. The highest BCUT2D eigenvalue weighted by Gasteiger charge is 2.24. The van der Waals surface area contributed by atoms with Gasteiger partial charge in [-0.25, -0.2) is 0 Å². The molecule has 0 spiro atoms. The molecule has 0 amide bonds. The van der Waals surface area contributed by atoms with Gasteiger partial charge in [-0.2, -0.15) is 0 Å². The third-order valence-electron chi connectivity index (χ3n) is 2.54. The van der Waals surface area contributed by atoms with Gasteiger partial charge in [-0.1, -0.05) is 35.3 Å². The minimum absolute atomic E-state index is 0.0780. The topological polar surface area (TPSA) is 12.0 Å². The van der Waals surface area contributed by atoms with Crippen LogP contribution in [0.5, 0.6) is 0 Å². The monoisotopic (exact) mass is 241 g/mol. The molecule has 0 saturated carbocycles. The lowest BCUT2D eigenvalue weighted by molar-refractivity contribution is 0.707. The van der Waals surface area contributed by atoms with Gasteiger partial charge in [-0.15, -0.1) is 0 Å². The van der Waals surface area contributed by atoms with Crippen LogP contribution in [0, 0.1) is 0 Å². The van der Waals surface area contributed by atoms with Crippen molar-refractivity contribution in [1.82, 2.24) is 0 Å². The van der Waals surface area contributed by atoms with Crippen molar-refractivity contribution in [1.29, 1.82) is 0 Å². The first-order chi connectivity index (χ1) is 6.91. The Balaban J connectivity index is 2.65. The molecule has 15 heavy (non-hydrogen) atoms. The number of hydrogen-bond acceptors (Lipinski definition) is 1. The predicted molar refractivity (Wildman–Crippen MR) is 67.8 cm³/mol. The molecular formula is C12H13Cl2N. The van der Waals surface area contributed by atoms with Crippen LogP contribution in [0.4, 0.5) is 5.69 Å². The number of rotatable bonds is 0. The summed E-state index contributed by atoms with van der Waals surface area (Å²) in [7, 11) is 0. The van der Waals surface area contributed by atoms with Gasteiger partial charge in [-0.05, 0) is 32.4 Å². The van der Waals surface area contributed by atoms with Gasteiger partial charge in [0.05, 0.1) is 21.3 Å². The number of hydrogen-bond donors (Lipinski definition) is 1. The molecule has 0 saturated heterocycles. The highest BCUT2D eigenvalue weighted by molar-refractivity contribution is 6.44. The van der Waals surface area contributed by atoms with Crippen LogP contribution in [-0.2, 0) is 0 Å². The number of fused-ring (bicyclic) bond motifs is 1. The molecule has 0 aromatic heterocycles. The molecule has 1 nitrogen and oxygen atoms in total. The van der Waals surface area contributed by atoms with Gasteiger partial charge in [0.1, 0.15) is 0 Å². The number of halogens is 2. The average molecular weight is 242 g/mol. The first-order valence-corrected chi connectivity index (χ1v) is 5.62. The second-order valence-corrected chi connectivity index (χ2v) is 5.24. The lowest BCUT2D eigenvalue weighted by Crippen LogP contribution is -2.31. The quantitative estimate of drug-likeness (QED) is 0.700. The molecule has 0 fully saturated rings. The summed E-state index contributed by atoms with van der Waals surface area (Å²) in [5.74, 6) is 0. The van der Waals surface area contributed by atoms with Crippen molar-refractivity contribution >= 4 is 34.5 Å². The van der Waals surface area contributed by atoms with Gasteiger partial charge in [-0.3, -0.25) is 0 Å². The molecule has 0 aliphatic carbocycles. The third kappa shape index (κ3) is 1.86. The number of benzene rings is 1. The van der Waals surface area contributed by atoms with E-state index in [-0.39, 0.29) is 5.54 Å². The molecule has 1 aromatic rings. The van der Waals surface area contributed by atoms with E-state index < -0.39 is 0 Å². The summed E-state index contributed by atoms with van der Waals surface area (Å²) in [5, 5.41) is 4.58. The van der Waals surface area contributed by atoms with Crippen LogP contribution in [0.3, 0.4) is 0 Å². The zero-order valence-corrected chi connectivity index (χ0v) is 10.5. The van der Waals surface area contributed by atoms with Crippen molar-refractivity contribution in [3.63, 3.8) is 0 Å². The van der Waals surface area contributed by atoms with Crippen molar-refractivity contribution in [2.24, 2.45) is 0 Å². The molecule has 1 aromatic carbocycles. The Hall–Kier alpha value is -0.660. The van der Waals surface area contributed by atoms with Crippen molar-refractivity contribution in [3.05, 3.63) is 33.8 Å². The van der Waals surface area contributed by atoms with E-state index in [4.69, 9.17) is 23.2 Å². The second kappa shape index (κ2) is 3.43. The lowest BCUT2D eigenvalue weighted by atomic mass is 9.91. The normalized spacial score (nSPS) is 17.8. The summed E-state index contributed by atoms with van der Waals surface area (Å²) in [6, 6.07) is 3.83. The van der Waals surface area contributed by atoms with Crippen LogP contribution >= 0.6 is 23.2 Å². The van der Waals surface area contributed by atoms with Crippen LogP contribution in [0.15, 0.2) is 18.2 Å². The van der Waals surface area contributed by atoms with Crippen LogP contribution in [0.2, 0.25) is 10.0 Å². The molecule has 2 rings (SSSR count). The number of anilines is 1. The van der Waals surface area contributed by atoms with Crippen LogP contribution in [0.1, 0.15) is 26.3 Å². The Bertz CT molecular complexity index is 447. The summed E-state index contributed by atoms with van der Waals surface area (Å²) >= 11 is 12.2. The Morgan fingerprint density at radius 1 is 1.20 bits per heavy atom. The fraction of sp³-hybridized carbons (Fsp3) is 0.333. The lowest BCUT2D eigenvalue weighted by Gasteiger charge is -2.32. The standard InChI is InChI=1S/C12H13Cl2N/c1-7-6-12(2,3)15-11-8(7)4-5-9(13)10(11)14/h4-6,15H,1-3H3. The van der Waals surface area contributed by atoms with Gasteiger partial charge < -0.3 is 5.32 Å².